The standard InChI is InChI=1S/C15H11ClF3N3O/c1-7-5-8(16)6-10(23)12(7)14-21-13-9(22(14)2)3-4-11(20-13)15(17,18)19/h3-6,23H,1-2H3. The number of benzene rings is 1. The quantitative estimate of drug-likeness (QED) is 0.717. The van der Waals surface area contributed by atoms with Crippen molar-refractivity contribution in [2.75, 3.05) is 0 Å². The molecule has 2 heterocycles. The maximum Gasteiger partial charge on any atom is 0.433 e. The predicted molar refractivity (Wildman–Crippen MR) is 80.4 cm³/mol. The molecule has 0 saturated heterocycles. The first-order chi connectivity index (χ1) is 10.7. The minimum absolute atomic E-state index is 0.0360. The maximum atomic E-state index is 12.8. The Morgan fingerprint density at radius 1 is 1.17 bits per heavy atom. The molecule has 1 aromatic carbocycles. The van der Waals surface area contributed by atoms with Crippen LogP contribution in [0.1, 0.15) is 11.3 Å². The molecule has 0 aliphatic carbocycles. The molecule has 0 atom stereocenters. The lowest BCUT2D eigenvalue weighted by atomic mass is 10.1. The van der Waals surface area contributed by atoms with Crippen molar-refractivity contribution in [3.8, 4) is 17.1 Å². The number of rotatable bonds is 1. The zero-order chi connectivity index (χ0) is 16.9. The topological polar surface area (TPSA) is 50.9 Å². The molecule has 23 heavy (non-hydrogen) atoms. The lowest BCUT2D eigenvalue weighted by molar-refractivity contribution is -0.141. The first-order valence-electron chi connectivity index (χ1n) is 6.58. The third kappa shape index (κ3) is 2.61. The molecular formula is C15H11ClF3N3O. The third-order valence-corrected chi connectivity index (χ3v) is 3.76. The monoisotopic (exact) mass is 341 g/mol. The first-order valence-corrected chi connectivity index (χ1v) is 6.96. The Labute approximate surface area is 134 Å². The van der Waals surface area contributed by atoms with Crippen molar-refractivity contribution in [3.05, 3.63) is 40.5 Å². The van der Waals surface area contributed by atoms with Crippen molar-refractivity contribution in [3.63, 3.8) is 0 Å². The molecule has 0 fully saturated rings. The maximum absolute atomic E-state index is 12.8. The van der Waals surface area contributed by atoms with Crippen LogP contribution < -0.4 is 0 Å². The summed E-state index contributed by atoms with van der Waals surface area (Å²) in [7, 11) is 1.65. The molecule has 0 aliphatic rings. The Kier molecular flexibility index (Phi) is 3.48. The van der Waals surface area contributed by atoms with Gasteiger partial charge in [-0.15, -0.1) is 0 Å². The molecule has 4 nitrogen and oxygen atoms in total. The van der Waals surface area contributed by atoms with Gasteiger partial charge in [0, 0.05) is 12.1 Å². The Hall–Kier alpha value is -2.28. The van der Waals surface area contributed by atoms with Crippen molar-refractivity contribution in [1.29, 1.82) is 0 Å². The summed E-state index contributed by atoms with van der Waals surface area (Å²) in [5.74, 6) is 0.225. The largest absolute Gasteiger partial charge is 0.507 e. The molecule has 0 spiro atoms. The number of nitrogens with zero attached hydrogens (tertiary/aromatic N) is 3. The van der Waals surface area contributed by atoms with Gasteiger partial charge in [0.25, 0.3) is 0 Å². The molecular weight excluding hydrogens is 331 g/mol. The van der Waals surface area contributed by atoms with E-state index in [2.05, 4.69) is 9.97 Å². The van der Waals surface area contributed by atoms with Crippen molar-refractivity contribution < 1.29 is 18.3 Å². The van der Waals surface area contributed by atoms with Crippen LogP contribution in [0.3, 0.4) is 0 Å². The van der Waals surface area contributed by atoms with Gasteiger partial charge in [0.2, 0.25) is 0 Å². The number of aromatic hydroxyl groups is 1. The summed E-state index contributed by atoms with van der Waals surface area (Å²) in [5, 5.41) is 10.5. The number of halogens is 4. The van der Waals surface area contributed by atoms with Crippen LogP contribution in [-0.4, -0.2) is 19.6 Å². The first kappa shape index (κ1) is 15.6. The molecule has 0 unspecified atom stereocenters. The molecule has 0 amide bonds. The Bertz CT molecular complexity index is 895. The van der Waals surface area contributed by atoms with Crippen LogP contribution in [0.5, 0.6) is 5.75 Å². The van der Waals surface area contributed by atoms with Gasteiger partial charge >= 0.3 is 6.18 Å². The van der Waals surface area contributed by atoms with Crippen molar-refractivity contribution in [2.24, 2.45) is 7.05 Å². The lowest BCUT2D eigenvalue weighted by Crippen LogP contribution is -2.07. The second-order valence-electron chi connectivity index (χ2n) is 5.15. The molecule has 3 aromatic rings. The lowest BCUT2D eigenvalue weighted by Gasteiger charge is -2.09. The summed E-state index contributed by atoms with van der Waals surface area (Å²) in [4.78, 5) is 7.72. The zero-order valence-corrected chi connectivity index (χ0v) is 12.9. The zero-order valence-electron chi connectivity index (χ0n) is 12.1. The van der Waals surface area contributed by atoms with E-state index in [9.17, 15) is 18.3 Å². The Morgan fingerprint density at radius 2 is 1.87 bits per heavy atom. The number of phenolic OH excluding ortho intramolecular Hbond substituents is 1. The van der Waals surface area contributed by atoms with Crippen LogP contribution in [0, 0.1) is 6.92 Å². The van der Waals surface area contributed by atoms with E-state index in [-0.39, 0.29) is 11.4 Å². The van der Waals surface area contributed by atoms with Crippen LogP contribution in [-0.2, 0) is 13.2 Å². The SMILES string of the molecule is Cc1cc(Cl)cc(O)c1-c1nc2nc(C(F)(F)F)ccc2n1C. The highest BCUT2D eigenvalue weighted by atomic mass is 35.5. The van der Waals surface area contributed by atoms with Gasteiger partial charge in [-0.1, -0.05) is 11.6 Å². The van der Waals surface area contributed by atoms with E-state index in [0.717, 1.165) is 6.07 Å². The van der Waals surface area contributed by atoms with Gasteiger partial charge < -0.3 is 9.67 Å². The van der Waals surface area contributed by atoms with Gasteiger partial charge in [-0.3, -0.25) is 0 Å². The minimum atomic E-state index is -4.54. The molecule has 2 aromatic heterocycles. The number of imidazole rings is 1. The van der Waals surface area contributed by atoms with E-state index in [1.807, 2.05) is 0 Å². The second kappa shape index (κ2) is 5.13. The highest BCUT2D eigenvalue weighted by Gasteiger charge is 2.33. The molecule has 0 radical (unpaired) electrons. The fraction of sp³-hybridized carbons (Fsp3) is 0.200. The molecule has 1 N–H and O–H groups in total. The number of hydrogen-bond acceptors (Lipinski definition) is 3. The Morgan fingerprint density at radius 3 is 2.48 bits per heavy atom. The summed E-state index contributed by atoms with van der Waals surface area (Å²) < 4.78 is 39.9. The van der Waals surface area contributed by atoms with Gasteiger partial charge in [0.05, 0.1) is 11.1 Å². The smallest absolute Gasteiger partial charge is 0.433 e. The average Bonchev–Trinajstić information content (AvgIpc) is 2.74. The van der Waals surface area contributed by atoms with Crippen molar-refractivity contribution >= 4 is 22.8 Å². The van der Waals surface area contributed by atoms with Crippen LogP contribution in [0.15, 0.2) is 24.3 Å². The summed E-state index contributed by atoms with van der Waals surface area (Å²) in [5.41, 5.74) is 0.451. The number of phenols is 1. The fourth-order valence-electron chi connectivity index (χ4n) is 2.47. The summed E-state index contributed by atoms with van der Waals surface area (Å²) in [6.07, 6.45) is -4.54. The number of pyridine rings is 1. The number of aryl methyl sites for hydroxylation is 2. The van der Waals surface area contributed by atoms with Crippen LogP contribution in [0.2, 0.25) is 5.02 Å². The van der Waals surface area contributed by atoms with Crippen LogP contribution >= 0.6 is 11.6 Å². The number of alkyl halides is 3. The van der Waals surface area contributed by atoms with E-state index in [4.69, 9.17) is 11.6 Å². The Balaban J connectivity index is 2.26. The molecule has 0 aliphatic heterocycles. The van der Waals surface area contributed by atoms with E-state index >= 15 is 0 Å². The van der Waals surface area contributed by atoms with E-state index in [1.54, 1.807) is 24.6 Å². The second-order valence-corrected chi connectivity index (χ2v) is 5.58. The summed E-state index contributed by atoms with van der Waals surface area (Å²) in [6.45, 7) is 1.73. The average molecular weight is 342 g/mol. The van der Waals surface area contributed by atoms with E-state index < -0.39 is 11.9 Å². The number of hydrogen-bond donors (Lipinski definition) is 1. The van der Waals surface area contributed by atoms with Gasteiger partial charge in [-0.2, -0.15) is 13.2 Å². The van der Waals surface area contributed by atoms with Gasteiger partial charge in [-0.05, 0) is 36.8 Å². The highest BCUT2D eigenvalue weighted by molar-refractivity contribution is 6.31. The minimum Gasteiger partial charge on any atom is -0.507 e. The van der Waals surface area contributed by atoms with Gasteiger partial charge in [0.15, 0.2) is 5.65 Å². The highest BCUT2D eigenvalue weighted by Crippen LogP contribution is 2.36. The molecule has 0 bridgehead atoms. The van der Waals surface area contributed by atoms with Crippen molar-refractivity contribution in [1.82, 2.24) is 14.5 Å². The van der Waals surface area contributed by atoms with Crippen LogP contribution in [0.4, 0.5) is 13.2 Å². The van der Waals surface area contributed by atoms with E-state index in [0.29, 0.717) is 27.5 Å². The van der Waals surface area contributed by atoms with Gasteiger partial charge in [0.1, 0.15) is 17.3 Å². The third-order valence-electron chi connectivity index (χ3n) is 3.54. The molecule has 0 saturated carbocycles. The number of fused-ring (bicyclic) bond motifs is 1. The summed E-state index contributed by atoms with van der Waals surface area (Å²) >= 11 is 5.87. The van der Waals surface area contributed by atoms with Crippen LogP contribution in [0.25, 0.3) is 22.6 Å². The fourth-order valence-corrected chi connectivity index (χ4v) is 2.74. The van der Waals surface area contributed by atoms with Gasteiger partial charge in [-0.25, -0.2) is 9.97 Å². The molecule has 120 valence electrons. The number of aromatic nitrogens is 3. The normalized spacial score (nSPS) is 12.1. The summed E-state index contributed by atoms with van der Waals surface area (Å²) in [6, 6.07) is 5.22. The molecule has 3 rings (SSSR count). The van der Waals surface area contributed by atoms with Crippen molar-refractivity contribution in [2.45, 2.75) is 13.1 Å². The molecule has 8 heteroatoms. The predicted octanol–water partition coefficient (Wildman–Crippen LogP) is 4.32. The van der Waals surface area contributed by atoms with E-state index in [1.165, 1.54) is 12.1 Å².